The van der Waals surface area contributed by atoms with Gasteiger partial charge >= 0.3 is 6.18 Å². The van der Waals surface area contributed by atoms with Gasteiger partial charge in [-0.3, -0.25) is 9.78 Å². The number of aromatic nitrogens is 1. The van der Waals surface area contributed by atoms with Crippen molar-refractivity contribution in [2.24, 2.45) is 0 Å². The van der Waals surface area contributed by atoms with Gasteiger partial charge in [0.05, 0.1) is 23.3 Å². The van der Waals surface area contributed by atoms with E-state index in [2.05, 4.69) is 15.6 Å². The average Bonchev–Trinajstić information content (AvgIpc) is 2.55. The summed E-state index contributed by atoms with van der Waals surface area (Å²) in [6.45, 7) is 1.74. The van der Waals surface area contributed by atoms with E-state index in [0.717, 1.165) is 6.20 Å². The van der Waals surface area contributed by atoms with Crippen molar-refractivity contribution in [2.75, 3.05) is 33.4 Å². The van der Waals surface area contributed by atoms with E-state index in [1.54, 1.807) is 13.2 Å². The Kier molecular flexibility index (Phi) is 10.5. The molecular formula is C16H20Cl2F3N3O2. The zero-order valence-electron chi connectivity index (χ0n) is 13.9. The van der Waals surface area contributed by atoms with Crippen LogP contribution in [0, 0.1) is 0 Å². The third kappa shape index (κ3) is 6.28. The van der Waals surface area contributed by atoms with Crippen LogP contribution in [0.4, 0.5) is 13.2 Å². The second kappa shape index (κ2) is 11.2. The SMILES string of the molecule is COCCNCCNC(=O)c1cnc2ccccc2c1C(F)(F)F.Cl.Cl. The number of fused-ring (bicyclic) bond motifs is 1. The van der Waals surface area contributed by atoms with Crippen LogP contribution in [0.1, 0.15) is 15.9 Å². The third-order valence-electron chi connectivity index (χ3n) is 3.37. The summed E-state index contributed by atoms with van der Waals surface area (Å²) in [5, 5.41) is 5.37. The minimum atomic E-state index is -4.65. The van der Waals surface area contributed by atoms with Gasteiger partial charge in [0.25, 0.3) is 5.91 Å². The summed E-state index contributed by atoms with van der Waals surface area (Å²) in [4.78, 5) is 16.1. The monoisotopic (exact) mass is 413 g/mol. The van der Waals surface area contributed by atoms with Crippen LogP contribution in [0.25, 0.3) is 10.9 Å². The second-order valence-electron chi connectivity index (χ2n) is 5.06. The molecule has 2 N–H and O–H groups in total. The molecular weight excluding hydrogens is 394 g/mol. The first kappa shape index (κ1) is 24.4. The summed E-state index contributed by atoms with van der Waals surface area (Å²) in [5.74, 6) is -0.797. The number of amides is 1. The number of nitrogens with one attached hydrogen (secondary N) is 2. The molecule has 0 atom stereocenters. The summed E-state index contributed by atoms with van der Waals surface area (Å²) in [7, 11) is 1.56. The number of hydrogen-bond acceptors (Lipinski definition) is 4. The van der Waals surface area contributed by atoms with E-state index in [1.807, 2.05) is 0 Å². The zero-order valence-corrected chi connectivity index (χ0v) is 15.6. The van der Waals surface area contributed by atoms with Gasteiger partial charge < -0.3 is 15.4 Å². The Morgan fingerprint density at radius 2 is 1.85 bits per heavy atom. The van der Waals surface area contributed by atoms with Crippen molar-refractivity contribution in [1.29, 1.82) is 0 Å². The Labute approximate surface area is 161 Å². The molecule has 0 saturated carbocycles. The van der Waals surface area contributed by atoms with Gasteiger partial charge in [-0.15, -0.1) is 24.8 Å². The average molecular weight is 414 g/mol. The number of para-hydroxylation sites is 1. The standard InChI is InChI=1S/C16H18F3N3O2.2ClH/c1-24-9-8-20-6-7-21-15(23)12-10-22-13-5-3-2-4-11(13)14(12)16(17,18)19;;/h2-5,10,20H,6-9H2,1H3,(H,21,23);2*1H. The summed E-state index contributed by atoms with van der Waals surface area (Å²) in [6.07, 6.45) is -3.68. The second-order valence-corrected chi connectivity index (χ2v) is 5.06. The molecule has 0 radical (unpaired) electrons. The molecule has 146 valence electrons. The molecule has 26 heavy (non-hydrogen) atoms. The topological polar surface area (TPSA) is 63.2 Å². The van der Waals surface area contributed by atoms with E-state index in [1.165, 1.54) is 18.2 Å². The highest BCUT2D eigenvalue weighted by atomic mass is 35.5. The Balaban J connectivity index is 0.00000312. The number of hydrogen-bond donors (Lipinski definition) is 2. The number of pyridine rings is 1. The fourth-order valence-corrected chi connectivity index (χ4v) is 2.28. The Morgan fingerprint density at radius 3 is 2.50 bits per heavy atom. The van der Waals surface area contributed by atoms with Gasteiger partial charge in [-0.05, 0) is 6.07 Å². The van der Waals surface area contributed by atoms with E-state index in [-0.39, 0.29) is 42.3 Å². The number of carbonyl (C=O) groups excluding carboxylic acids is 1. The van der Waals surface area contributed by atoms with Crippen molar-refractivity contribution in [3.63, 3.8) is 0 Å². The largest absolute Gasteiger partial charge is 0.417 e. The van der Waals surface area contributed by atoms with E-state index in [0.29, 0.717) is 19.7 Å². The van der Waals surface area contributed by atoms with Crippen LogP contribution in [0.3, 0.4) is 0 Å². The van der Waals surface area contributed by atoms with Crippen molar-refractivity contribution >= 4 is 41.6 Å². The molecule has 2 rings (SSSR count). The predicted molar refractivity (Wildman–Crippen MR) is 98.3 cm³/mol. The van der Waals surface area contributed by atoms with Crippen LogP contribution in [-0.2, 0) is 10.9 Å². The van der Waals surface area contributed by atoms with E-state index in [4.69, 9.17) is 4.74 Å². The minimum absolute atomic E-state index is 0. The number of halogens is 5. The molecule has 1 aromatic heterocycles. The molecule has 1 aromatic carbocycles. The smallest absolute Gasteiger partial charge is 0.383 e. The first-order chi connectivity index (χ1) is 11.4. The first-order valence-electron chi connectivity index (χ1n) is 7.38. The third-order valence-corrected chi connectivity index (χ3v) is 3.37. The Hall–Kier alpha value is -1.61. The van der Waals surface area contributed by atoms with Crippen LogP contribution in [0.5, 0.6) is 0 Å². The molecule has 0 aliphatic rings. The fourth-order valence-electron chi connectivity index (χ4n) is 2.28. The van der Waals surface area contributed by atoms with Gasteiger partial charge in [-0.2, -0.15) is 13.2 Å². The fraction of sp³-hybridized carbons (Fsp3) is 0.375. The molecule has 0 bridgehead atoms. The number of alkyl halides is 3. The molecule has 0 aliphatic heterocycles. The van der Waals surface area contributed by atoms with Crippen LogP contribution in [0.15, 0.2) is 30.5 Å². The van der Waals surface area contributed by atoms with Crippen LogP contribution >= 0.6 is 24.8 Å². The molecule has 0 saturated heterocycles. The maximum atomic E-state index is 13.4. The molecule has 0 spiro atoms. The lowest BCUT2D eigenvalue weighted by atomic mass is 10.0. The number of methoxy groups -OCH3 is 1. The summed E-state index contributed by atoms with van der Waals surface area (Å²) >= 11 is 0. The number of nitrogens with zero attached hydrogens (tertiary/aromatic N) is 1. The highest BCUT2D eigenvalue weighted by Crippen LogP contribution is 2.36. The minimum Gasteiger partial charge on any atom is -0.383 e. The van der Waals surface area contributed by atoms with Crippen LogP contribution in [0.2, 0.25) is 0 Å². The zero-order chi connectivity index (χ0) is 17.6. The molecule has 0 fully saturated rings. The Morgan fingerprint density at radius 1 is 1.15 bits per heavy atom. The van der Waals surface area contributed by atoms with Crippen molar-refractivity contribution in [3.05, 3.63) is 41.6 Å². The van der Waals surface area contributed by atoms with Crippen molar-refractivity contribution < 1.29 is 22.7 Å². The number of rotatable bonds is 7. The highest BCUT2D eigenvalue weighted by Gasteiger charge is 2.37. The van der Waals surface area contributed by atoms with Gasteiger partial charge in [0.2, 0.25) is 0 Å². The maximum Gasteiger partial charge on any atom is 0.417 e. The lowest BCUT2D eigenvalue weighted by Crippen LogP contribution is -2.34. The van der Waals surface area contributed by atoms with E-state index < -0.39 is 23.2 Å². The molecule has 2 aromatic rings. The van der Waals surface area contributed by atoms with Crippen molar-refractivity contribution in [2.45, 2.75) is 6.18 Å². The van der Waals surface area contributed by atoms with Gasteiger partial charge in [0.15, 0.2) is 0 Å². The highest BCUT2D eigenvalue weighted by molar-refractivity contribution is 6.00. The first-order valence-corrected chi connectivity index (χ1v) is 7.38. The van der Waals surface area contributed by atoms with Crippen molar-refractivity contribution in [1.82, 2.24) is 15.6 Å². The summed E-state index contributed by atoms with van der Waals surface area (Å²) < 4.78 is 45.1. The molecule has 10 heteroatoms. The molecule has 5 nitrogen and oxygen atoms in total. The maximum absolute atomic E-state index is 13.4. The molecule has 0 unspecified atom stereocenters. The summed E-state index contributed by atoms with van der Waals surface area (Å²) in [5.41, 5.74) is -1.24. The molecule has 1 amide bonds. The lowest BCUT2D eigenvalue weighted by Gasteiger charge is -2.15. The lowest BCUT2D eigenvalue weighted by molar-refractivity contribution is -0.136. The van der Waals surface area contributed by atoms with Crippen LogP contribution < -0.4 is 10.6 Å². The number of benzene rings is 1. The van der Waals surface area contributed by atoms with Gasteiger partial charge in [-0.1, -0.05) is 18.2 Å². The Bertz CT molecular complexity index is 715. The molecule has 1 heterocycles. The normalized spacial score (nSPS) is 10.8. The number of ether oxygens (including phenoxy) is 1. The van der Waals surface area contributed by atoms with Crippen molar-refractivity contribution in [3.8, 4) is 0 Å². The quantitative estimate of drug-likeness (QED) is 0.684. The van der Waals surface area contributed by atoms with E-state index >= 15 is 0 Å². The number of carbonyl (C=O) groups is 1. The predicted octanol–water partition coefficient (Wildman–Crippen LogP) is 3.06. The molecule has 0 aliphatic carbocycles. The van der Waals surface area contributed by atoms with Gasteiger partial charge in [0.1, 0.15) is 0 Å². The van der Waals surface area contributed by atoms with Gasteiger partial charge in [-0.25, -0.2) is 0 Å². The summed E-state index contributed by atoms with van der Waals surface area (Å²) in [6, 6.07) is 5.88. The van der Waals surface area contributed by atoms with Crippen LogP contribution in [-0.4, -0.2) is 44.2 Å². The van der Waals surface area contributed by atoms with Gasteiger partial charge in [0, 0.05) is 38.3 Å². The van der Waals surface area contributed by atoms with E-state index in [9.17, 15) is 18.0 Å².